The molecule has 1 saturated heterocycles. The second-order valence-electron chi connectivity index (χ2n) is 9.25. The van der Waals surface area contributed by atoms with Crippen molar-refractivity contribution in [3.05, 3.63) is 71.3 Å². The van der Waals surface area contributed by atoms with Crippen molar-refractivity contribution >= 4 is 23.7 Å². The van der Waals surface area contributed by atoms with E-state index in [4.69, 9.17) is 9.47 Å². The van der Waals surface area contributed by atoms with Crippen LogP contribution >= 0.6 is 0 Å². The van der Waals surface area contributed by atoms with Gasteiger partial charge in [0.25, 0.3) is 0 Å². The van der Waals surface area contributed by atoms with Gasteiger partial charge < -0.3 is 14.4 Å². The topological polar surface area (TPSA) is 72.9 Å². The van der Waals surface area contributed by atoms with Crippen molar-refractivity contribution in [2.24, 2.45) is 0 Å². The zero-order valence-electron chi connectivity index (χ0n) is 18.6. The number of Topliss-reactive ketones (excluding diaryl/α,β-unsaturated/α-hetero) is 1. The number of benzene rings is 2. The molecule has 1 spiro atoms. The number of likely N-dealkylation sites (tertiary alicyclic amines) is 1. The van der Waals surface area contributed by atoms with Gasteiger partial charge in [-0.1, -0.05) is 42.5 Å². The van der Waals surface area contributed by atoms with Gasteiger partial charge >= 0.3 is 6.09 Å². The number of rotatable bonds is 3. The SMILES string of the molecule is CC(C)(C)OC(=O)N1CCC2(C=C(c3ccc(C(=O)C=O)cc3)c3ccccc3O2)CC1. The fourth-order valence-electron chi connectivity index (χ4n) is 4.13. The molecular weight excluding hydrogens is 406 g/mol. The lowest BCUT2D eigenvalue weighted by atomic mass is 9.83. The Hall–Kier alpha value is -3.41. The van der Waals surface area contributed by atoms with Gasteiger partial charge in [0.1, 0.15) is 17.0 Å². The van der Waals surface area contributed by atoms with E-state index in [1.165, 1.54) is 0 Å². The van der Waals surface area contributed by atoms with Crippen LogP contribution in [0.4, 0.5) is 4.79 Å². The Balaban J connectivity index is 1.62. The summed E-state index contributed by atoms with van der Waals surface area (Å²) in [7, 11) is 0. The van der Waals surface area contributed by atoms with Crippen molar-refractivity contribution in [2.45, 2.75) is 44.8 Å². The largest absolute Gasteiger partial charge is 0.482 e. The molecular formula is C26H27NO5. The fourth-order valence-corrected chi connectivity index (χ4v) is 4.13. The first-order valence-electron chi connectivity index (χ1n) is 10.8. The summed E-state index contributed by atoms with van der Waals surface area (Å²) in [5.74, 6) is 0.257. The van der Waals surface area contributed by atoms with Crippen LogP contribution in [-0.2, 0) is 9.53 Å². The van der Waals surface area contributed by atoms with Crippen molar-refractivity contribution in [1.29, 1.82) is 0 Å². The number of fused-ring (bicyclic) bond motifs is 1. The van der Waals surface area contributed by atoms with Gasteiger partial charge in [-0.2, -0.15) is 0 Å². The summed E-state index contributed by atoms with van der Waals surface area (Å²) in [4.78, 5) is 36.7. The Kier molecular flexibility index (Phi) is 5.63. The number of carbonyl (C=O) groups is 3. The van der Waals surface area contributed by atoms with E-state index in [2.05, 4.69) is 6.08 Å². The van der Waals surface area contributed by atoms with Crippen LogP contribution in [-0.4, -0.2) is 47.4 Å². The number of piperidine rings is 1. The van der Waals surface area contributed by atoms with Crippen LogP contribution in [0.3, 0.4) is 0 Å². The number of para-hydroxylation sites is 1. The lowest BCUT2D eigenvalue weighted by Gasteiger charge is -2.43. The molecule has 1 fully saturated rings. The fraction of sp³-hybridized carbons (Fsp3) is 0.346. The summed E-state index contributed by atoms with van der Waals surface area (Å²) in [5.41, 5.74) is 2.24. The van der Waals surface area contributed by atoms with Crippen molar-refractivity contribution < 1.29 is 23.9 Å². The minimum atomic E-state index is -0.538. The quantitative estimate of drug-likeness (QED) is 0.400. The number of hydrogen-bond donors (Lipinski definition) is 0. The second-order valence-corrected chi connectivity index (χ2v) is 9.25. The molecule has 32 heavy (non-hydrogen) atoms. The van der Waals surface area contributed by atoms with Gasteiger partial charge in [-0.05, 0) is 44.1 Å². The molecule has 6 nitrogen and oxygen atoms in total. The lowest BCUT2D eigenvalue weighted by Crippen LogP contribution is -2.50. The normalized spacial score (nSPS) is 17.1. The molecule has 0 N–H and O–H groups in total. The van der Waals surface area contributed by atoms with E-state index in [1.807, 2.05) is 57.2 Å². The van der Waals surface area contributed by atoms with Crippen molar-refractivity contribution in [3.8, 4) is 5.75 Å². The van der Waals surface area contributed by atoms with E-state index in [0.717, 1.165) is 22.4 Å². The van der Waals surface area contributed by atoms with E-state index in [0.29, 0.717) is 37.8 Å². The molecule has 0 saturated carbocycles. The maximum Gasteiger partial charge on any atom is 0.410 e. The molecule has 2 aliphatic rings. The molecule has 1 amide bonds. The molecule has 166 valence electrons. The highest BCUT2D eigenvalue weighted by Gasteiger charge is 2.40. The molecule has 0 radical (unpaired) electrons. The van der Waals surface area contributed by atoms with E-state index in [1.54, 1.807) is 17.0 Å². The summed E-state index contributed by atoms with van der Waals surface area (Å²) in [5, 5.41) is 0. The van der Waals surface area contributed by atoms with Crippen LogP contribution < -0.4 is 4.74 Å². The van der Waals surface area contributed by atoms with E-state index in [-0.39, 0.29) is 6.09 Å². The van der Waals surface area contributed by atoms with Crippen LogP contribution in [0.5, 0.6) is 5.75 Å². The monoisotopic (exact) mass is 433 g/mol. The van der Waals surface area contributed by atoms with Crippen LogP contribution in [0.2, 0.25) is 0 Å². The second kappa shape index (κ2) is 8.26. The molecule has 2 aromatic carbocycles. The first-order chi connectivity index (χ1) is 15.2. The smallest absolute Gasteiger partial charge is 0.410 e. The molecule has 2 aromatic rings. The summed E-state index contributed by atoms with van der Waals surface area (Å²) >= 11 is 0. The number of hydrogen-bond acceptors (Lipinski definition) is 5. The van der Waals surface area contributed by atoms with Crippen molar-refractivity contribution in [1.82, 2.24) is 4.90 Å². The Morgan fingerprint density at radius 2 is 1.69 bits per heavy atom. The maximum absolute atomic E-state index is 12.5. The third kappa shape index (κ3) is 4.44. The third-order valence-corrected chi connectivity index (χ3v) is 5.75. The van der Waals surface area contributed by atoms with E-state index < -0.39 is 17.0 Å². The predicted molar refractivity (Wildman–Crippen MR) is 121 cm³/mol. The molecule has 0 aliphatic carbocycles. The number of ether oxygens (including phenoxy) is 2. The Bertz CT molecular complexity index is 1070. The minimum Gasteiger partial charge on any atom is -0.482 e. The van der Waals surface area contributed by atoms with Gasteiger partial charge in [0, 0.05) is 37.1 Å². The van der Waals surface area contributed by atoms with Gasteiger partial charge in [-0.25, -0.2) is 4.79 Å². The summed E-state index contributed by atoms with van der Waals surface area (Å²) in [6.45, 7) is 6.66. The molecule has 0 bridgehead atoms. The van der Waals surface area contributed by atoms with E-state index in [9.17, 15) is 14.4 Å². The first-order valence-corrected chi connectivity index (χ1v) is 10.8. The van der Waals surface area contributed by atoms with Gasteiger partial charge in [-0.3, -0.25) is 9.59 Å². The van der Waals surface area contributed by atoms with Crippen molar-refractivity contribution in [3.63, 3.8) is 0 Å². The van der Waals surface area contributed by atoms with Gasteiger partial charge in [0.05, 0.1) is 0 Å². The highest BCUT2D eigenvalue weighted by atomic mass is 16.6. The highest BCUT2D eigenvalue weighted by Crippen LogP contribution is 2.43. The Labute approximate surface area is 187 Å². The van der Waals surface area contributed by atoms with Gasteiger partial charge in [0.2, 0.25) is 5.78 Å². The number of nitrogens with zero attached hydrogens (tertiary/aromatic N) is 1. The predicted octanol–water partition coefficient (Wildman–Crippen LogP) is 4.66. The number of aldehydes is 1. The average molecular weight is 434 g/mol. The summed E-state index contributed by atoms with van der Waals surface area (Å²) in [6.07, 6.45) is 3.45. The van der Waals surface area contributed by atoms with Crippen LogP contribution in [0.1, 0.15) is 55.1 Å². The molecule has 2 heterocycles. The zero-order valence-corrected chi connectivity index (χ0v) is 18.6. The third-order valence-electron chi connectivity index (χ3n) is 5.75. The summed E-state index contributed by atoms with van der Waals surface area (Å²) < 4.78 is 12.0. The van der Waals surface area contributed by atoms with Gasteiger partial charge in [-0.15, -0.1) is 0 Å². The molecule has 4 rings (SSSR count). The molecule has 2 aliphatic heterocycles. The Morgan fingerprint density at radius 3 is 2.31 bits per heavy atom. The first kappa shape index (κ1) is 21.8. The van der Waals surface area contributed by atoms with Crippen LogP contribution in [0.15, 0.2) is 54.6 Å². The zero-order chi connectivity index (χ0) is 22.9. The minimum absolute atomic E-state index is 0.303. The van der Waals surface area contributed by atoms with Crippen LogP contribution in [0, 0.1) is 0 Å². The highest BCUT2D eigenvalue weighted by molar-refractivity contribution is 6.33. The molecule has 6 heteroatoms. The lowest BCUT2D eigenvalue weighted by molar-refractivity contribution is -0.104. The number of carbonyl (C=O) groups excluding carboxylic acids is 3. The summed E-state index contributed by atoms with van der Waals surface area (Å²) in [6, 6.07) is 14.9. The van der Waals surface area contributed by atoms with Crippen molar-refractivity contribution in [2.75, 3.05) is 13.1 Å². The average Bonchev–Trinajstić information content (AvgIpc) is 2.77. The number of amides is 1. The Morgan fingerprint density at radius 1 is 1.03 bits per heavy atom. The maximum atomic E-state index is 12.5. The van der Waals surface area contributed by atoms with Crippen LogP contribution in [0.25, 0.3) is 5.57 Å². The molecule has 0 unspecified atom stereocenters. The number of ketones is 1. The molecule has 0 aromatic heterocycles. The van der Waals surface area contributed by atoms with E-state index >= 15 is 0 Å². The standard InChI is InChI=1S/C26H27NO5/c1-25(2,3)32-24(30)27-14-12-26(13-15-27)16-21(20-6-4-5-7-23(20)31-26)18-8-10-19(11-9-18)22(29)17-28/h4-11,16-17H,12-15H2,1-3H3. The molecule has 0 atom stereocenters. The van der Waals surface area contributed by atoms with Gasteiger partial charge in [0.15, 0.2) is 6.29 Å².